The third-order valence-electron chi connectivity index (χ3n) is 5.52. The molecule has 1 saturated carbocycles. The molecular formula is C17H25N. The van der Waals surface area contributed by atoms with Crippen LogP contribution in [0.25, 0.3) is 0 Å². The Morgan fingerprint density at radius 1 is 1.22 bits per heavy atom. The van der Waals surface area contributed by atoms with E-state index in [4.69, 9.17) is 4.99 Å². The molecule has 3 aliphatic rings. The smallest absolute Gasteiger partial charge is 0.0615 e. The van der Waals surface area contributed by atoms with Gasteiger partial charge in [-0.3, -0.25) is 4.99 Å². The minimum absolute atomic E-state index is 0.182. The number of fused-ring (bicyclic) bond motifs is 1. The molecule has 0 N–H and O–H groups in total. The summed E-state index contributed by atoms with van der Waals surface area (Å²) in [5.74, 6) is 0.711. The third-order valence-corrected chi connectivity index (χ3v) is 5.52. The minimum Gasteiger partial charge on any atom is -0.282 e. The second kappa shape index (κ2) is 4.08. The van der Waals surface area contributed by atoms with Gasteiger partial charge in [0.1, 0.15) is 0 Å². The molecule has 18 heavy (non-hydrogen) atoms. The van der Waals surface area contributed by atoms with Gasteiger partial charge in [0.25, 0.3) is 0 Å². The van der Waals surface area contributed by atoms with E-state index in [1.54, 1.807) is 0 Å². The van der Waals surface area contributed by atoms with Crippen LogP contribution < -0.4 is 0 Å². The summed E-state index contributed by atoms with van der Waals surface area (Å²) in [6, 6.07) is 0. The highest BCUT2D eigenvalue weighted by atomic mass is 14.9. The molecule has 0 bridgehead atoms. The Morgan fingerprint density at radius 3 is 2.67 bits per heavy atom. The van der Waals surface area contributed by atoms with Crippen molar-refractivity contribution in [3.63, 3.8) is 0 Å². The molecule has 1 heteroatoms. The van der Waals surface area contributed by atoms with Crippen molar-refractivity contribution in [1.29, 1.82) is 0 Å². The fourth-order valence-electron chi connectivity index (χ4n) is 4.17. The Hall–Kier alpha value is -0.850. The van der Waals surface area contributed by atoms with E-state index in [0.29, 0.717) is 5.92 Å². The van der Waals surface area contributed by atoms with Gasteiger partial charge in [-0.05, 0) is 37.7 Å². The lowest BCUT2D eigenvalue weighted by Gasteiger charge is -2.48. The molecule has 1 spiro atoms. The van der Waals surface area contributed by atoms with Crippen LogP contribution in [0.3, 0.4) is 0 Å². The Labute approximate surface area is 111 Å². The van der Waals surface area contributed by atoms with Crippen molar-refractivity contribution in [1.82, 2.24) is 0 Å². The number of nitrogens with zero attached hydrogens (tertiary/aromatic N) is 1. The standard InChI is InChI=1S/C17H25N/c1-13-8-7-9-16(3)14(2)12-17(18-15(13)16)10-5-4-6-11-17/h7-9,14H,4-6,10-12H2,1-3H3/t14-,16+/m0/s1. The van der Waals surface area contributed by atoms with Gasteiger partial charge < -0.3 is 0 Å². The number of hydrogen-bond donors (Lipinski definition) is 0. The van der Waals surface area contributed by atoms with E-state index in [1.807, 2.05) is 0 Å². The Bertz CT molecular complexity index is 435. The molecule has 0 amide bonds. The topological polar surface area (TPSA) is 12.4 Å². The van der Waals surface area contributed by atoms with Crippen LogP contribution in [0.1, 0.15) is 59.3 Å². The van der Waals surface area contributed by atoms with Gasteiger partial charge >= 0.3 is 0 Å². The van der Waals surface area contributed by atoms with E-state index in [9.17, 15) is 0 Å². The Morgan fingerprint density at radius 2 is 1.94 bits per heavy atom. The molecule has 1 aliphatic heterocycles. The molecule has 0 saturated heterocycles. The molecule has 1 nitrogen and oxygen atoms in total. The summed E-state index contributed by atoms with van der Waals surface area (Å²) in [6.45, 7) is 7.03. The highest BCUT2D eigenvalue weighted by Gasteiger charge is 2.46. The zero-order valence-electron chi connectivity index (χ0n) is 12.0. The van der Waals surface area contributed by atoms with Crippen molar-refractivity contribution in [3.05, 3.63) is 23.8 Å². The van der Waals surface area contributed by atoms with E-state index in [1.165, 1.54) is 49.8 Å². The number of rotatable bonds is 0. The molecule has 0 radical (unpaired) electrons. The molecule has 0 aromatic heterocycles. The van der Waals surface area contributed by atoms with E-state index < -0.39 is 0 Å². The van der Waals surface area contributed by atoms with Crippen LogP contribution in [0.5, 0.6) is 0 Å². The summed E-state index contributed by atoms with van der Waals surface area (Å²) in [5.41, 5.74) is 3.23. The van der Waals surface area contributed by atoms with Crippen molar-refractivity contribution in [3.8, 4) is 0 Å². The van der Waals surface area contributed by atoms with Crippen LogP contribution in [0.4, 0.5) is 0 Å². The summed E-state index contributed by atoms with van der Waals surface area (Å²) in [7, 11) is 0. The van der Waals surface area contributed by atoms with Gasteiger partial charge in [0.05, 0.1) is 5.54 Å². The zero-order valence-corrected chi connectivity index (χ0v) is 12.0. The van der Waals surface area contributed by atoms with Crippen LogP contribution in [0, 0.1) is 11.3 Å². The zero-order chi connectivity index (χ0) is 12.8. The van der Waals surface area contributed by atoms with Gasteiger partial charge in [0.15, 0.2) is 0 Å². The van der Waals surface area contributed by atoms with E-state index in [0.717, 1.165) is 0 Å². The average Bonchev–Trinajstić information content (AvgIpc) is 2.34. The van der Waals surface area contributed by atoms with Crippen LogP contribution in [-0.2, 0) is 0 Å². The molecule has 2 atom stereocenters. The molecular weight excluding hydrogens is 218 g/mol. The predicted molar refractivity (Wildman–Crippen MR) is 78.0 cm³/mol. The van der Waals surface area contributed by atoms with Crippen molar-refractivity contribution < 1.29 is 0 Å². The maximum Gasteiger partial charge on any atom is 0.0615 e. The molecule has 1 heterocycles. The lowest BCUT2D eigenvalue weighted by atomic mass is 9.61. The molecule has 3 rings (SSSR count). The SMILES string of the molecule is CC1=CC=C[C@@]2(C)C1=NC1(CCCCC1)C[C@@H]2C. The number of allylic oxidation sites excluding steroid dienone is 4. The quantitative estimate of drug-likeness (QED) is 0.585. The highest BCUT2D eigenvalue weighted by Crippen LogP contribution is 2.49. The lowest BCUT2D eigenvalue weighted by Crippen LogP contribution is -2.47. The first kappa shape index (κ1) is 12.2. The van der Waals surface area contributed by atoms with Crippen molar-refractivity contribution in [2.24, 2.45) is 16.3 Å². The Balaban J connectivity index is 2.05. The Kier molecular flexibility index (Phi) is 2.76. The van der Waals surface area contributed by atoms with Crippen molar-refractivity contribution in [2.75, 3.05) is 0 Å². The summed E-state index contributed by atoms with van der Waals surface area (Å²) < 4.78 is 0. The lowest BCUT2D eigenvalue weighted by molar-refractivity contribution is 0.188. The monoisotopic (exact) mass is 243 g/mol. The maximum absolute atomic E-state index is 5.30. The van der Waals surface area contributed by atoms with Crippen LogP contribution >= 0.6 is 0 Å². The predicted octanol–water partition coefficient (Wildman–Crippen LogP) is 4.69. The van der Waals surface area contributed by atoms with E-state index in [-0.39, 0.29) is 11.0 Å². The maximum atomic E-state index is 5.30. The van der Waals surface area contributed by atoms with Crippen molar-refractivity contribution >= 4 is 5.71 Å². The van der Waals surface area contributed by atoms with Gasteiger partial charge in [0, 0.05) is 11.1 Å². The van der Waals surface area contributed by atoms with Gasteiger partial charge in [0.2, 0.25) is 0 Å². The molecule has 2 aliphatic carbocycles. The first-order valence-electron chi connectivity index (χ1n) is 7.53. The normalized spacial score (nSPS) is 38.1. The van der Waals surface area contributed by atoms with E-state index >= 15 is 0 Å². The molecule has 0 unspecified atom stereocenters. The van der Waals surface area contributed by atoms with Gasteiger partial charge in [-0.1, -0.05) is 51.3 Å². The average molecular weight is 243 g/mol. The molecule has 0 aromatic carbocycles. The molecule has 0 aromatic rings. The van der Waals surface area contributed by atoms with Crippen LogP contribution in [-0.4, -0.2) is 11.3 Å². The van der Waals surface area contributed by atoms with E-state index in [2.05, 4.69) is 39.0 Å². The van der Waals surface area contributed by atoms with Gasteiger partial charge in [-0.15, -0.1) is 0 Å². The van der Waals surface area contributed by atoms with Crippen molar-refractivity contribution in [2.45, 2.75) is 64.8 Å². The second-order valence-electron chi connectivity index (χ2n) is 6.84. The third kappa shape index (κ3) is 1.71. The van der Waals surface area contributed by atoms with Gasteiger partial charge in [-0.2, -0.15) is 0 Å². The van der Waals surface area contributed by atoms with Gasteiger partial charge in [-0.25, -0.2) is 0 Å². The summed E-state index contributed by atoms with van der Waals surface area (Å²) in [6.07, 6.45) is 14.9. The van der Waals surface area contributed by atoms with Crippen LogP contribution in [0.15, 0.2) is 28.8 Å². The number of aliphatic imine (C=N–C) groups is 1. The number of hydrogen-bond acceptors (Lipinski definition) is 1. The first-order valence-corrected chi connectivity index (χ1v) is 7.53. The van der Waals surface area contributed by atoms with Crippen LogP contribution in [0.2, 0.25) is 0 Å². The largest absolute Gasteiger partial charge is 0.282 e. The highest BCUT2D eigenvalue weighted by molar-refractivity contribution is 6.07. The molecule has 98 valence electrons. The molecule has 1 fully saturated rings. The second-order valence-corrected chi connectivity index (χ2v) is 6.84. The fraction of sp³-hybridized carbons (Fsp3) is 0.706. The first-order chi connectivity index (χ1) is 8.56. The fourth-order valence-corrected chi connectivity index (χ4v) is 4.17. The summed E-state index contributed by atoms with van der Waals surface area (Å²) in [5, 5.41) is 0. The summed E-state index contributed by atoms with van der Waals surface area (Å²) >= 11 is 0. The minimum atomic E-state index is 0.182. The summed E-state index contributed by atoms with van der Waals surface area (Å²) in [4.78, 5) is 5.30.